The predicted molar refractivity (Wildman–Crippen MR) is 47.9 cm³/mol. The molecule has 0 spiro atoms. The van der Waals surface area contributed by atoms with Crippen LogP contribution >= 0.6 is 0 Å². The Morgan fingerprint density at radius 3 is 2.46 bits per heavy atom. The molecule has 1 atom stereocenters. The van der Waals surface area contributed by atoms with Crippen LogP contribution < -0.4 is 10.6 Å². The number of amides is 2. The minimum atomic E-state index is -0.747. The molecule has 0 bridgehead atoms. The summed E-state index contributed by atoms with van der Waals surface area (Å²) in [6, 6.07) is 0. The monoisotopic (exact) mass is 186 g/mol. The lowest BCUT2D eigenvalue weighted by atomic mass is 10.4. The first-order valence-corrected chi connectivity index (χ1v) is 3.93. The van der Waals surface area contributed by atoms with E-state index >= 15 is 0 Å². The van der Waals surface area contributed by atoms with E-state index in [4.69, 9.17) is 5.11 Å². The zero-order valence-corrected chi connectivity index (χ0v) is 7.54. The number of carbonyl (C=O) groups excluding carboxylic acids is 2. The molecule has 0 aromatic rings. The highest BCUT2D eigenvalue weighted by molar-refractivity contribution is 6.35. The van der Waals surface area contributed by atoms with Crippen molar-refractivity contribution in [2.45, 2.75) is 13.0 Å². The Kier molecular flexibility index (Phi) is 5.54. The minimum Gasteiger partial charge on any atom is -0.392 e. The van der Waals surface area contributed by atoms with Crippen LogP contribution in [0.25, 0.3) is 0 Å². The molecule has 2 amide bonds. The van der Waals surface area contributed by atoms with E-state index in [0.717, 1.165) is 0 Å². The van der Waals surface area contributed by atoms with Crippen molar-refractivity contribution in [1.29, 1.82) is 0 Å². The van der Waals surface area contributed by atoms with E-state index in [-0.39, 0.29) is 13.1 Å². The van der Waals surface area contributed by atoms with E-state index in [1.807, 2.05) is 0 Å². The smallest absolute Gasteiger partial charge is 0.309 e. The van der Waals surface area contributed by atoms with Crippen LogP contribution in [-0.2, 0) is 9.59 Å². The molecule has 0 fully saturated rings. The van der Waals surface area contributed by atoms with Crippen LogP contribution in [-0.4, -0.2) is 36.1 Å². The molecule has 5 heteroatoms. The number of aliphatic hydroxyl groups is 1. The third-order valence-corrected chi connectivity index (χ3v) is 1.17. The SMILES string of the molecule is C=CCNC(=O)C(=O)NC[C@H](C)O. The van der Waals surface area contributed by atoms with Gasteiger partial charge in [0.15, 0.2) is 0 Å². The van der Waals surface area contributed by atoms with Gasteiger partial charge in [-0.3, -0.25) is 9.59 Å². The van der Waals surface area contributed by atoms with Crippen molar-refractivity contribution < 1.29 is 14.7 Å². The maximum atomic E-state index is 10.9. The first-order valence-electron chi connectivity index (χ1n) is 3.93. The molecule has 13 heavy (non-hydrogen) atoms. The minimum absolute atomic E-state index is 0.0698. The number of nitrogens with one attached hydrogen (secondary N) is 2. The molecule has 5 nitrogen and oxygen atoms in total. The van der Waals surface area contributed by atoms with Gasteiger partial charge in [0.05, 0.1) is 6.10 Å². The molecule has 0 aliphatic carbocycles. The van der Waals surface area contributed by atoms with Gasteiger partial charge in [0.2, 0.25) is 0 Å². The molecule has 0 rings (SSSR count). The lowest BCUT2D eigenvalue weighted by molar-refractivity contribution is -0.139. The predicted octanol–water partition coefficient (Wildman–Crippen LogP) is -1.21. The van der Waals surface area contributed by atoms with Gasteiger partial charge in [0.25, 0.3) is 0 Å². The van der Waals surface area contributed by atoms with Crippen molar-refractivity contribution >= 4 is 11.8 Å². The average Bonchev–Trinajstić information content (AvgIpc) is 2.10. The summed E-state index contributed by atoms with van der Waals surface area (Å²) >= 11 is 0. The lowest BCUT2D eigenvalue weighted by Gasteiger charge is -2.06. The normalized spacial score (nSPS) is 11.5. The van der Waals surface area contributed by atoms with E-state index in [2.05, 4.69) is 17.2 Å². The molecular formula is C8H14N2O3. The van der Waals surface area contributed by atoms with Crippen LogP contribution in [0.4, 0.5) is 0 Å². The van der Waals surface area contributed by atoms with Crippen molar-refractivity contribution in [3.63, 3.8) is 0 Å². The summed E-state index contributed by atoms with van der Waals surface area (Å²) in [5.41, 5.74) is 0. The molecule has 0 radical (unpaired) electrons. The zero-order chi connectivity index (χ0) is 10.3. The van der Waals surface area contributed by atoms with Crippen molar-refractivity contribution in [1.82, 2.24) is 10.6 Å². The van der Waals surface area contributed by atoms with E-state index in [1.165, 1.54) is 13.0 Å². The highest BCUT2D eigenvalue weighted by Gasteiger charge is 2.11. The van der Waals surface area contributed by atoms with Gasteiger partial charge in [-0.05, 0) is 6.92 Å². The molecule has 3 N–H and O–H groups in total. The molecule has 0 saturated carbocycles. The Bertz CT molecular complexity index is 202. The van der Waals surface area contributed by atoms with Crippen LogP contribution in [0.15, 0.2) is 12.7 Å². The average molecular weight is 186 g/mol. The second kappa shape index (κ2) is 6.19. The Morgan fingerprint density at radius 2 is 2.00 bits per heavy atom. The largest absolute Gasteiger partial charge is 0.392 e. The van der Waals surface area contributed by atoms with Gasteiger partial charge >= 0.3 is 11.8 Å². The summed E-state index contributed by atoms with van der Waals surface area (Å²) in [6.45, 7) is 5.22. The molecule has 0 aliphatic rings. The molecule has 0 unspecified atom stereocenters. The van der Waals surface area contributed by atoms with Crippen molar-refractivity contribution in [3.05, 3.63) is 12.7 Å². The first kappa shape index (κ1) is 11.6. The summed E-state index contributed by atoms with van der Waals surface area (Å²) < 4.78 is 0. The van der Waals surface area contributed by atoms with Gasteiger partial charge in [-0.15, -0.1) is 6.58 Å². The third-order valence-electron chi connectivity index (χ3n) is 1.17. The second-order valence-electron chi connectivity index (χ2n) is 2.56. The van der Waals surface area contributed by atoms with Crippen molar-refractivity contribution in [3.8, 4) is 0 Å². The fourth-order valence-electron chi connectivity index (χ4n) is 0.566. The van der Waals surface area contributed by atoms with Crippen LogP contribution in [0.5, 0.6) is 0 Å². The van der Waals surface area contributed by atoms with Gasteiger partial charge in [0, 0.05) is 13.1 Å². The highest BCUT2D eigenvalue weighted by atomic mass is 16.3. The van der Waals surface area contributed by atoms with E-state index in [9.17, 15) is 9.59 Å². The molecule has 0 aromatic carbocycles. The Morgan fingerprint density at radius 1 is 1.46 bits per heavy atom. The van der Waals surface area contributed by atoms with Crippen LogP contribution in [0.1, 0.15) is 6.92 Å². The fraction of sp³-hybridized carbons (Fsp3) is 0.500. The number of hydrogen-bond donors (Lipinski definition) is 3. The van der Waals surface area contributed by atoms with Crippen LogP contribution in [0.2, 0.25) is 0 Å². The summed E-state index contributed by atoms with van der Waals surface area (Å²) in [6.07, 6.45) is 0.816. The zero-order valence-electron chi connectivity index (χ0n) is 7.54. The van der Waals surface area contributed by atoms with Gasteiger partial charge in [0.1, 0.15) is 0 Å². The quantitative estimate of drug-likeness (QED) is 0.380. The van der Waals surface area contributed by atoms with Gasteiger partial charge in [-0.2, -0.15) is 0 Å². The van der Waals surface area contributed by atoms with Crippen molar-refractivity contribution in [2.24, 2.45) is 0 Å². The number of rotatable bonds is 4. The Hall–Kier alpha value is -1.36. The Labute approximate surface area is 76.8 Å². The van der Waals surface area contributed by atoms with E-state index < -0.39 is 17.9 Å². The summed E-state index contributed by atoms with van der Waals surface area (Å²) in [5.74, 6) is -1.47. The summed E-state index contributed by atoms with van der Waals surface area (Å²) in [5, 5.41) is 13.4. The van der Waals surface area contributed by atoms with Gasteiger partial charge in [-0.25, -0.2) is 0 Å². The molecule has 74 valence electrons. The first-order chi connectivity index (χ1) is 6.07. The molecule has 0 aliphatic heterocycles. The van der Waals surface area contributed by atoms with E-state index in [1.54, 1.807) is 0 Å². The molecule has 0 heterocycles. The number of hydrogen-bond acceptors (Lipinski definition) is 3. The third kappa shape index (κ3) is 5.86. The molecule has 0 saturated heterocycles. The van der Waals surface area contributed by atoms with Gasteiger partial charge in [-0.1, -0.05) is 6.08 Å². The van der Waals surface area contributed by atoms with Crippen LogP contribution in [0.3, 0.4) is 0 Å². The highest BCUT2D eigenvalue weighted by Crippen LogP contribution is 1.75. The van der Waals surface area contributed by atoms with Crippen LogP contribution in [0, 0.1) is 0 Å². The second-order valence-corrected chi connectivity index (χ2v) is 2.56. The number of carbonyl (C=O) groups is 2. The van der Waals surface area contributed by atoms with E-state index in [0.29, 0.717) is 0 Å². The lowest BCUT2D eigenvalue weighted by Crippen LogP contribution is -2.42. The standard InChI is InChI=1S/C8H14N2O3/c1-3-4-9-7(12)8(13)10-5-6(2)11/h3,6,11H,1,4-5H2,2H3,(H,9,12)(H,10,13)/t6-/m0/s1. The fourth-order valence-corrected chi connectivity index (χ4v) is 0.566. The topological polar surface area (TPSA) is 78.4 Å². The maximum absolute atomic E-state index is 10.9. The number of aliphatic hydroxyl groups excluding tert-OH is 1. The molecule has 0 aromatic heterocycles. The van der Waals surface area contributed by atoms with Gasteiger partial charge < -0.3 is 15.7 Å². The molecular weight excluding hydrogens is 172 g/mol. The Balaban J connectivity index is 3.69. The summed E-state index contributed by atoms with van der Waals surface area (Å²) in [7, 11) is 0. The van der Waals surface area contributed by atoms with Crippen molar-refractivity contribution in [2.75, 3.05) is 13.1 Å². The summed E-state index contributed by atoms with van der Waals surface area (Å²) in [4.78, 5) is 21.7. The maximum Gasteiger partial charge on any atom is 0.309 e.